The van der Waals surface area contributed by atoms with Crippen LogP contribution in [0.5, 0.6) is 5.75 Å². The Morgan fingerprint density at radius 1 is 0.966 bits per heavy atom. The van der Waals surface area contributed by atoms with E-state index in [0.29, 0.717) is 5.56 Å². The standard InChI is InChI=1S/C22H23F2NO4/c23-22(24)29-18-12-10-16(11-13-18)20(15-6-2-1-3-7-15)25-19(26)14-28-21(27)17-8-4-5-9-17/h1-3,6-7,10-13,17,20,22H,4-5,8-9,14H2,(H,25,26)/t20-/m0/s1. The molecule has 5 nitrogen and oxygen atoms in total. The Hall–Kier alpha value is -2.96. The smallest absolute Gasteiger partial charge is 0.387 e. The molecule has 3 rings (SSSR count). The molecule has 0 bridgehead atoms. The van der Waals surface area contributed by atoms with Gasteiger partial charge in [0.15, 0.2) is 6.61 Å². The third-order valence-electron chi connectivity index (χ3n) is 4.91. The van der Waals surface area contributed by atoms with E-state index in [9.17, 15) is 18.4 Å². The Labute approximate surface area is 168 Å². The molecule has 0 radical (unpaired) electrons. The highest BCUT2D eigenvalue weighted by Crippen LogP contribution is 2.26. The van der Waals surface area contributed by atoms with Crippen LogP contribution in [0, 0.1) is 5.92 Å². The Morgan fingerprint density at radius 3 is 2.21 bits per heavy atom. The predicted molar refractivity (Wildman–Crippen MR) is 102 cm³/mol. The Morgan fingerprint density at radius 2 is 1.59 bits per heavy atom. The molecule has 0 aromatic heterocycles. The zero-order chi connectivity index (χ0) is 20.6. The van der Waals surface area contributed by atoms with Gasteiger partial charge in [0.05, 0.1) is 12.0 Å². The van der Waals surface area contributed by atoms with Crippen LogP contribution in [0.1, 0.15) is 42.9 Å². The number of alkyl halides is 2. The molecule has 0 saturated heterocycles. The van der Waals surface area contributed by atoms with Crippen molar-refractivity contribution in [2.45, 2.75) is 38.3 Å². The maximum absolute atomic E-state index is 12.4. The summed E-state index contributed by atoms with van der Waals surface area (Å²) >= 11 is 0. The molecule has 1 aliphatic rings. The molecule has 1 N–H and O–H groups in total. The van der Waals surface area contributed by atoms with Crippen molar-refractivity contribution in [1.82, 2.24) is 5.32 Å². The summed E-state index contributed by atoms with van der Waals surface area (Å²) in [6.45, 7) is -3.26. The Balaban J connectivity index is 1.67. The van der Waals surface area contributed by atoms with Crippen LogP contribution in [0.15, 0.2) is 54.6 Å². The molecule has 1 amide bonds. The number of rotatable bonds is 8. The highest BCUT2D eigenvalue weighted by molar-refractivity contribution is 5.82. The number of amides is 1. The molecule has 7 heteroatoms. The summed E-state index contributed by atoms with van der Waals surface area (Å²) in [4.78, 5) is 24.4. The first-order valence-corrected chi connectivity index (χ1v) is 9.58. The number of carbonyl (C=O) groups is 2. The summed E-state index contributed by atoms with van der Waals surface area (Å²) in [5, 5.41) is 2.85. The van der Waals surface area contributed by atoms with Crippen LogP contribution in [-0.2, 0) is 14.3 Å². The van der Waals surface area contributed by atoms with E-state index in [1.807, 2.05) is 30.3 Å². The van der Waals surface area contributed by atoms with E-state index in [0.717, 1.165) is 31.2 Å². The minimum absolute atomic E-state index is 0.0346. The number of hydrogen-bond acceptors (Lipinski definition) is 4. The summed E-state index contributed by atoms with van der Waals surface area (Å²) in [6.07, 6.45) is 3.63. The summed E-state index contributed by atoms with van der Waals surface area (Å²) in [5.74, 6) is -0.844. The van der Waals surface area contributed by atoms with Gasteiger partial charge in [0.1, 0.15) is 5.75 Å². The summed E-state index contributed by atoms with van der Waals surface area (Å²) in [7, 11) is 0. The average Bonchev–Trinajstić information content (AvgIpc) is 3.26. The van der Waals surface area contributed by atoms with Crippen LogP contribution in [0.25, 0.3) is 0 Å². The molecule has 2 aromatic carbocycles. The van der Waals surface area contributed by atoms with Crippen molar-refractivity contribution in [3.8, 4) is 5.75 Å². The molecular formula is C22H23F2NO4. The third-order valence-corrected chi connectivity index (χ3v) is 4.91. The van der Waals surface area contributed by atoms with Gasteiger partial charge in [-0.2, -0.15) is 8.78 Å². The van der Waals surface area contributed by atoms with Crippen molar-refractivity contribution >= 4 is 11.9 Å². The van der Waals surface area contributed by atoms with Crippen molar-refractivity contribution in [2.75, 3.05) is 6.61 Å². The highest BCUT2D eigenvalue weighted by atomic mass is 19.3. The summed E-state index contributed by atoms with van der Waals surface area (Å²) in [6, 6.07) is 14.8. The van der Waals surface area contributed by atoms with Crippen molar-refractivity contribution in [3.05, 3.63) is 65.7 Å². The van der Waals surface area contributed by atoms with E-state index in [1.165, 1.54) is 12.1 Å². The molecule has 0 heterocycles. The lowest BCUT2D eigenvalue weighted by atomic mass is 9.98. The molecule has 1 saturated carbocycles. The fourth-order valence-corrected chi connectivity index (χ4v) is 3.47. The van der Waals surface area contributed by atoms with Crippen LogP contribution in [0.3, 0.4) is 0 Å². The van der Waals surface area contributed by atoms with E-state index < -0.39 is 18.6 Å². The van der Waals surface area contributed by atoms with E-state index in [4.69, 9.17) is 4.74 Å². The fourth-order valence-electron chi connectivity index (χ4n) is 3.47. The first-order chi connectivity index (χ1) is 14.0. The summed E-state index contributed by atoms with van der Waals surface area (Å²) in [5.41, 5.74) is 1.50. The predicted octanol–water partition coefficient (Wildman–Crippen LogP) is 4.23. The molecule has 154 valence electrons. The van der Waals surface area contributed by atoms with Gasteiger partial charge in [-0.3, -0.25) is 9.59 Å². The van der Waals surface area contributed by atoms with Gasteiger partial charge in [0.2, 0.25) is 0 Å². The van der Waals surface area contributed by atoms with Crippen LogP contribution in [0.2, 0.25) is 0 Å². The van der Waals surface area contributed by atoms with Gasteiger partial charge in [0, 0.05) is 0 Å². The highest BCUT2D eigenvalue weighted by Gasteiger charge is 2.25. The van der Waals surface area contributed by atoms with E-state index >= 15 is 0 Å². The van der Waals surface area contributed by atoms with E-state index in [2.05, 4.69) is 10.1 Å². The number of esters is 1. The van der Waals surface area contributed by atoms with Crippen LogP contribution in [0.4, 0.5) is 8.78 Å². The number of carbonyl (C=O) groups excluding carboxylic acids is 2. The molecular weight excluding hydrogens is 380 g/mol. The van der Waals surface area contributed by atoms with Gasteiger partial charge >= 0.3 is 12.6 Å². The first kappa shape index (κ1) is 20.8. The van der Waals surface area contributed by atoms with Gasteiger partial charge in [0.25, 0.3) is 5.91 Å². The largest absolute Gasteiger partial charge is 0.455 e. The second kappa shape index (κ2) is 10.0. The zero-order valence-corrected chi connectivity index (χ0v) is 15.9. The zero-order valence-electron chi connectivity index (χ0n) is 15.9. The molecule has 1 fully saturated rings. The minimum Gasteiger partial charge on any atom is -0.455 e. The Kier molecular flexibility index (Phi) is 7.16. The third kappa shape index (κ3) is 6.01. The second-order valence-electron chi connectivity index (χ2n) is 6.95. The fraction of sp³-hybridized carbons (Fsp3) is 0.364. The van der Waals surface area contributed by atoms with Crippen molar-refractivity contribution in [2.24, 2.45) is 5.92 Å². The van der Waals surface area contributed by atoms with Gasteiger partial charge in [-0.15, -0.1) is 0 Å². The van der Waals surface area contributed by atoms with Crippen molar-refractivity contribution in [3.63, 3.8) is 0 Å². The van der Waals surface area contributed by atoms with E-state index in [1.54, 1.807) is 12.1 Å². The average molecular weight is 403 g/mol. The minimum atomic E-state index is -2.90. The Bertz CT molecular complexity index is 805. The maximum atomic E-state index is 12.4. The lowest BCUT2D eigenvalue weighted by Crippen LogP contribution is -2.33. The molecule has 1 atom stereocenters. The quantitative estimate of drug-likeness (QED) is 0.670. The maximum Gasteiger partial charge on any atom is 0.387 e. The number of nitrogens with one attached hydrogen (secondary N) is 1. The monoisotopic (exact) mass is 403 g/mol. The number of ether oxygens (including phenoxy) is 2. The topological polar surface area (TPSA) is 64.6 Å². The normalized spacial score (nSPS) is 15.1. The van der Waals surface area contributed by atoms with Gasteiger partial charge in [-0.25, -0.2) is 0 Å². The SMILES string of the molecule is O=C(COC(=O)C1CCCC1)N[C@@H](c1ccccc1)c1ccc(OC(F)F)cc1. The lowest BCUT2D eigenvalue weighted by molar-refractivity contribution is -0.152. The molecule has 2 aromatic rings. The van der Waals surface area contributed by atoms with Crippen LogP contribution >= 0.6 is 0 Å². The van der Waals surface area contributed by atoms with Crippen LogP contribution in [-0.4, -0.2) is 25.1 Å². The number of halogens is 2. The first-order valence-electron chi connectivity index (χ1n) is 9.58. The molecule has 0 spiro atoms. The molecule has 0 unspecified atom stereocenters. The molecule has 29 heavy (non-hydrogen) atoms. The van der Waals surface area contributed by atoms with Crippen molar-refractivity contribution < 1.29 is 27.8 Å². The lowest BCUT2D eigenvalue weighted by Gasteiger charge is -2.20. The van der Waals surface area contributed by atoms with Gasteiger partial charge in [-0.1, -0.05) is 55.3 Å². The van der Waals surface area contributed by atoms with E-state index in [-0.39, 0.29) is 24.2 Å². The molecule has 1 aliphatic carbocycles. The van der Waals surface area contributed by atoms with Crippen molar-refractivity contribution in [1.29, 1.82) is 0 Å². The number of hydrogen-bond donors (Lipinski definition) is 1. The second-order valence-corrected chi connectivity index (χ2v) is 6.95. The van der Waals surface area contributed by atoms with Gasteiger partial charge < -0.3 is 14.8 Å². The molecule has 0 aliphatic heterocycles. The van der Waals surface area contributed by atoms with Crippen LogP contribution < -0.4 is 10.1 Å². The van der Waals surface area contributed by atoms with Gasteiger partial charge in [-0.05, 0) is 36.1 Å². The summed E-state index contributed by atoms with van der Waals surface area (Å²) < 4.78 is 34.3. The number of benzene rings is 2.